The van der Waals surface area contributed by atoms with Crippen LogP contribution in [0.15, 0.2) is 18.2 Å². The minimum Gasteiger partial charge on any atom is -0.303 e. The third kappa shape index (κ3) is 3.69. The molecular weight excluding hydrogens is 358 g/mol. The Balaban J connectivity index is 1.75. The highest BCUT2D eigenvalue weighted by atomic mass is 32.1. The van der Waals surface area contributed by atoms with E-state index in [2.05, 4.69) is 15.5 Å². The lowest BCUT2D eigenvalue weighted by atomic mass is 10.0. The van der Waals surface area contributed by atoms with E-state index in [-0.39, 0.29) is 30.5 Å². The van der Waals surface area contributed by atoms with Gasteiger partial charge in [-0.1, -0.05) is 25.2 Å². The molecule has 0 saturated carbocycles. The van der Waals surface area contributed by atoms with Gasteiger partial charge >= 0.3 is 0 Å². The number of rotatable bonds is 5. The largest absolute Gasteiger partial charge is 0.303 e. The molecule has 0 spiro atoms. The fourth-order valence-electron chi connectivity index (χ4n) is 2.65. The van der Waals surface area contributed by atoms with E-state index in [0.29, 0.717) is 22.8 Å². The van der Waals surface area contributed by atoms with Crippen LogP contribution in [0.25, 0.3) is 0 Å². The van der Waals surface area contributed by atoms with Gasteiger partial charge in [-0.15, -0.1) is 10.2 Å². The molecule has 2 aromatic rings. The number of hydrogen-bond acceptors (Lipinski definition) is 7. The smallest absolute Gasteiger partial charge is 0.269 e. The van der Waals surface area contributed by atoms with Crippen LogP contribution in [-0.2, 0) is 16.0 Å². The highest BCUT2D eigenvalue weighted by Gasteiger charge is 2.27. The lowest BCUT2D eigenvalue weighted by molar-refractivity contribution is -0.384. The fourth-order valence-corrected chi connectivity index (χ4v) is 3.42. The summed E-state index contributed by atoms with van der Waals surface area (Å²) in [7, 11) is 0. The summed E-state index contributed by atoms with van der Waals surface area (Å²) in [5.41, 5.74) is 1.18. The van der Waals surface area contributed by atoms with Crippen LogP contribution < -0.4 is 10.2 Å². The van der Waals surface area contributed by atoms with Gasteiger partial charge in [0.2, 0.25) is 16.9 Å². The molecule has 0 bridgehead atoms. The zero-order valence-electron chi connectivity index (χ0n) is 14.3. The topological polar surface area (TPSA) is 118 Å². The van der Waals surface area contributed by atoms with Crippen LogP contribution >= 0.6 is 11.3 Å². The molecule has 1 aliphatic rings. The minimum absolute atomic E-state index is 0.0300. The molecular formula is C16H17N5O4S. The first-order valence-electron chi connectivity index (χ1n) is 8.06. The second kappa shape index (κ2) is 7.16. The number of hydrogen-bond donors (Lipinski definition) is 1. The zero-order chi connectivity index (χ0) is 18.8. The Hall–Kier alpha value is -2.88. The Morgan fingerprint density at radius 2 is 2.15 bits per heavy atom. The lowest BCUT2D eigenvalue weighted by Crippen LogP contribution is -2.40. The van der Waals surface area contributed by atoms with Gasteiger partial charge in [0.15, 0.2) is 0 Å². The van der Waals surface area contributed by atoms with Crippen molar-refractivity contribution in [2.24, 2.45) is 0 Å². The van der Waals surface area contributed by atoms with Crippen LogP contribution in [0.4, 0.5) is 16.5 Å². The van der Waals surface area contributed by atoms with E-state index >= 15 is 0 Å². The van der Waals surface area contributed by atoms with E-state index in [1.165, 1.54) is 34.4 Å². The van der Waals surface area contributed by atoms with Gasteiger partial charge < -0.3 is 4.90 Å². The van der Waals surface area contributed by atoms with Gasteiger partial charge in [0.1, 0.15) is 11.6 Å². The molecule has 2 amide bonds. The van der Waals surface area contributed by atoms with E-state index in [1.54, 1.807) is 0 Å². The standard InChI is InChI=1S/C16H17N5O4S/c1-9(2)15-18-19-16(26-15)17-13(22)8-20-12-5-4-11(21(24)25)7-10(12)3-6-14(20)23/h4-5,7,9H,3,6,8H2,1-2H3,(H,17,19,22). The third-order valence-electron chi connectivity index (χ3n) is 3.96. The number of aryl methyl sites for hydroxylation is 1. The molecule has 2 heterocycles. The number of aromatic nitrogens is 2. The summed E-state index contributed by atoms with van der Waals surface area (Å²) in [6.07, 6.45) is 0.625. The first kappa shape index (κ1) is 17.9. The summed E-state index contributed by atoms with van der Waals surface area (Å²) in [6, 6.07) is 4.30. The summed E-state index contributed by atoms with van der Waals surface area (Å²) in [4.78, 5) is 36.3. The summed E-state index contributed by atoms with van der Waals surface area (Å²) in [6.45, 7) is 3.78. The van der Waals surface area contributed by atoms with Crippen LogP contribution in [0.5, 0.6) is 0 Å². The Bertz CT molecular complexity index is 879. The van der Waals surface area contributed by atoms with Gasteiger partial charge in [0.05, 0.1) is 4.92 Å². The SMILES string of the molecule is CC(C)c1nnc(NC(=O)CN2C(=O)CCc3cc([N+](=O)[O-])ccc32)s1. The summed E-state index contributed by atoms with van der Waals surface area (Å²) in [5, 5.41) is 22.7. The average molecular weight is 375 g/mol. The number of nitro benzene ring substituents is 1. The third-order valence-corrected chi connectivity index (χ3v) is 5.10. The number of carbonyl (C=O) groups is 2. The number of non-ortho nitro benzene ring substituents is 1. The zero-order valence-corrected chi connectivity index (χ0v) is 15.1. The summed E-state index contributed by atoms with van der Waals surface area (Å²) >= 11 is 1.29. The van der Waals surface area contributed by atoms with Crippen molar-refractivity contribution in [3.8, 4) is 0 Å². The molecule has 0 unspecified atom stereocenters. The molecule has 0 saturated heterocycles. The lowest BCUT2D eigenvalue weighted by Gasteiger charge is -2.28. The van der Waals surface area contributed by atoms with Crippen molar-refractivity contribution in [3.63, 3.8) is 0 Å². The normalized spacial score (nSPS) is 13.7. The van der Waals surface area contributed by atoms with Crippen molar-refractivity contribution in [2.45, 2.75) is 32.6 Å². The van der Waals surface area contributed by atoms with Crippen molar-refractivity contribution < 1.29 is 14.5 Å². The Kier molecular flexibility index (Phi) is 4.94. The molecule has 0 fully saturated rings. The first-order chi connectivity index (χ1) is 12.3. The Morgan fingerprint density at radius 1 is 1.38 bits per heavy atom. The molecule has 136 valence electrons. The number of nitrogens with zero attached hydrogens (tertiary/aromatic N) is 4. The van der Waals surface area contributed by atoms with Crippen molar-refractivity contribution in [2.75, 3.05) is 16.8 Å². The number of amides is 2. The maximum atomic E-state index is 12.3. The molecule has 1 N–H and O–H groups in total. The predicted octanol–water partition coefficient (Wildman–Crippen LogP) is 2.49. The molecule has 1 aromatic carbocycles. The van der Waals surface area contributed by atoms with Crippen LogP contribution in [0, 0.1) is 10.1 Å². The molecule has 1 aliphatic heterocycles. The fraction of sp³-hybridized carbons (Fsp3) is 0.375. The molecule has 0 atom stereocenters. The van der Waals surface area contributed by atoms with Crippen LogP contribution in [0.2, 0.25) is 0 Å². The predicted molar refractivity (Wildman–Crippen MR) is 96.4 cm³/mol. The van der Waals surface area contributed by atoms with E-state index in [0.717, 1.165) is 5.01 Å². The van der Waals surface area contributed by atoms with Gasteiger partial charge in [0, 0.05) is 30.2 Å². The number of anilines is 2. The maximum Gasteiger partial charge on any atom is 0.269 e. The quantitative estimate of drug-likeness (QED) is 0.633. The van der Waals surface area contributed by atoms with Gasteiger partial charge in [-0.2, -0.15) is 0 Å². The molecule has 10 heteroatoms. The first-order valence-corrected chi connectivity index (χ1v) is 8.87. The Morgan fingerprint density at radius 3 is 2.81 bits per heavy atom. The van der Waals surface area contributed by atoms with E-state index in [4.69, 9.17) is 0 Å². The number of nitrogens with one attached hydrogen (secondary N) is 1. The number of carbonyl (C=O) groups excluding carboxylic acids is 2. The molecule has 1 aromatic heterocycles. The van der Waals surface area contributed by atoms with E-state index in [1.807, 2.05) is 13.8 Å². The number of benzene rings is 1. The van der Waals surface area contributed by atoms with Gasteiger partial charge in [0.25, 0.3) is 5.69 Å². The molecule has 26 heavy (non-hydrogen) atoms. The van der Waals surface area contributed by atoms with Gasteiger partial charge in [-0.3, -0.25) is 25.0 Å². The average Bonchev–Trinajstić information content (AvgIpc) is 3.05. The van der Waals surface area contributed by atoms with Crippen LogP contribution in [-0.4, -0.2) is 33.5 Å². The van der Waals surface area contributed by atoms with E-state index in [9.17, 15) is 19.7 Å². The second-order valence-corrected chi connectivity index (χ2v) is 7.21. The molecule has 3 rings (SSSR count). The van der Waals surface area contributed by atoms with Crippen LogP contribution in [0.3, 0.4) is 0 Å². The highest BCUT2D eigenvalue weighted by Crippen LogP contribution is 2.31. The van der Waals surface area contributed by atoms with Crippen molar-refractivity contribution >= 4 is 39.7 Å². The monoisotopic (exact) mass is 375 g/mol. The molecule has 0 radical (unpaired) electrons. The van der Waals surface area contributed by atoms with Crippen molar-refractivity contribution in [1.29, 1.82) is 0 Å². The minimum atomic E-state index is -0.477. The van der Waals surface area contributed by atoms with Gasteiger partial charge in [-0.25, -0.2) is 0 Å². The van der Waals surface area contributed by atoms with Crippen molar-refractivity contribution in [1.82, 2.24) is 10.2 Å². The number of nitro groups is 1. The number of fused-ring (bicyclic) bond motifs is 1. The van der Waals surface area contributed by atoms with Crippen LogP contribution in [0.1, 0.15) is 36.8 Å². The van der Waals surface area contributed by atoms with Gasteiger partial charge in [-0.05, 0) is 18.1 Å². The highest BCUT2D eigenvalue weighted by molar-refractivity contribution is 7.15. The second-order valence-electron chi connectivity index (χ2n) is 6.20. The summed E-state index contributed by atoms with van der Waals surface area (Å²) < 4.78 is 0. The molecule has 9 nitrogen and oxygen atoms in total. The molecule has 0 aliphatic carbocycles. The van der Waals surface area contributed by atoms with Crippen molar-refractivity contribution in [3.05, 3.63) is 38.9 Å². The van der Waals surface area contributed by atoms with E-state index < -0.39 is 10.8 Å². The summed E-state index contributed by atoms with van der Waals surface area (Å²) in [5.74, 6) is -0.373. The Labute approximate surface area is 153 Å². The maximum absolute atomic E-state index is 12.3.